The number of carboxylic acid groups (broad SMARTS) is 3. The van der Waals surface area contributed by atoms with Crippen LogP contribution in [0.5, 0.6) is 0 Å². The number of rotatable bonds is 8. The molecule has 6 nitrogen and oxygen atoms in total. The second-order valence-electron chi connectivity index (χ2n) is 4.11. The second kappa shape index (κ2) is 6.48. The highest BCUT2D eigenvalue weighted by atomic mass is 32.1. The van der Waals surface area contributed by atoms with Crippen LogP contribution in [-0.4, -0.2) is 38.5 Å². The van der Waals surface area contributed by atoms with E-state index in [1.165, 1.54) is 0 Å². The first-order chi connectivity index (χ1) is 7.69. The molecule has 0 aromatic heterocycles. The van der Waals surface area contributed by atoms with Crippen LogP contribution >= 0.6 is 12.6 Å². The molecule has 0 saturated carbocycles. The van der Waals surface area contributed by atoms with Gasteiger partial charge in [-0.15, -0.1) is 0 Å². The Morgan fingerprint density at radius 3 is 1.76 bits per heavy atom. The fourth-order valence-electron chi connectivity index (χ4n) is 1.56. The van der Waals surface area contributed by atoms with Gasteiger partial charge in [0.2, 0.25) is 0 Å². The maximum Gasteiger partial charge on any atom is 0.310 e. The fraction of sp³-hybridized carbons (Fsp3) is 0.700. The molecule has 17 heavy (non-hydrogen) atoms. The highest BCUT2D eigenvalue weighted by Gasteiger charge is 2.42. The van der Waals surface area contributed by atoms with Crippen LogP contribution in [0.15, 0.2) is 0 Å². The standard InChI is InChI=1S/C10H16O6S/c1-6(17)2-3-10(9(15)16,4-7(11)12)5-8(13)14/h6,17H,2-5H2,1H3,(H,11,12)(H,13,14)(H,15,16). The molecular formula is C10H16O6S. The first-order valence-corrected chi connectivity index (χ1v) is 5.56. The minimum absolute atomic E-state index is 0.0222. The van der Waals surface area contributed by atoms with E-state index in [1.54, 1.807) is 6.92 Å². The van der Waals surface area contributed by atoms with Gasteiger partial charge in [-0.1, -0.05) is 6.92 Å². The topological polar surface area (TPSA) is 112 Å². The van der Waals surface area contributed by atoms with Crippen molar-refractivity contribution in [3.8, 4) is 0 Å². The Balaban J connectivity index is 5.01. The summed E-state index contributed by atoms with van der Waals surface area (Å²) in [6, 6.07) is 0. The van der Waals surface area contributed by atoms with Gasteiger partial charge in [-0.2, -0.15) is 12.6 Å². The molecule has 0 fully saturated rings. The lowest BCUT2D eigenvalue weighted by molar-refractivity contribution is -0.161. The lowest BCUT2D eigenvalue weighted by Gasteiger charge is -2.26. The molecule has 0 aliphatic heterocycles. The minimum atomic E-state index is -1.76. The summed E-state index contributed by atoms with van der Waals surface area (Å²) in [7, 11) is 0. The largest absolute Gasteiger partial charge is 0.481 e. The van der Waals surface area contributed by atoms with Crippen molar-refractivity contribution in [2.75, 3.05) is 0 Å². The van der Waals surface area contributed by atoms with Crippen LogP contribution in [0.25, 0.3) is 0 Å². The molecule has 0 bridgehead atoms. The third-order valence-corrected chi connectivity index (χ3v) is 2.73. The van der Waals surface area contributed by atoms with Gasteiger partial charge in [0.25, 0.3) is 0 Å². The van der Waals surface area contributed by atoms with Gasteiger partial charge in [0.1, 0.15) is 0 Å². The zero-order valence-electron chi connectivity index (χ0n) is 9.42. The van der Waals surface area contributed by atoms with E-state index in [1.807, 2.05) is 0 Å². The highest BCUT2D eigenvalue weighted by Crippen LogP contribution is 2.34. The Morgan fingerprint density at radius 2 is 1.53 bits per heavy atom. The summed E-state index contributed by atoms with van der Waals surface area (Å²) in [4.78, 5) is 32.5. The SMILES string of the molecule is CC(S)CCC(CC(=O)O)(CC(=O)O)C(=O)O. The van der Waals surface area contributed by atoms with Crippen molar-refractivity contribution in [1.29, 1.82) is 0 Å². The highest BCUT2D eigenvalue weighted by molar-refractivity contribution is 7.80. The Morgan fingerprint density at radius 1 is 1.12 bits per heavy atom. The molecule has 1 unspecified atom stereocenters. The van der Waals surface area contributed by atoms with Gasteiger partial charge < -0.3 is 15.3 Å². The van der Waals surface area contributed by atoms with Crippen molar-refractivity contribution in [1.82, 2.24) is 0 Å². The number of carbonyl (C=O) groups is 3. The van der Waals surface area contributed by atoms with Gasteiger partial charge in [0.05, 0.1) is 18.3 Å². The Hall–Kier alpha value is -1.24. The van der Waals surface area contributed by atoms with Crippen LogP contribution in [-0.2, 0) is 14.4 Å². The van der Waals surface area contributed by atoms with Crippen molar-refractivity contribution in [2.24, 2.45) is 5.41 Å². The lowest BCUT2D eigenvalue weighted by atomic mass is 9.77. The van der Waals surface area contributed by atoms with E-state index in [4.69, 9.17) is 15.3 Å². The van der Waals surface area contributed by atoms with Gasteiger partial charge in [0, 0.05) is 0 Å². The van der Waals surface area contributed by atoms with Gasteiger partial charge >= 0.3 is 17.9 Å². The monoisotopic (exact) mass is 264 g/mol. The van der Waals surface area contributed by atoms with Gasteiger partial charge in [0.15, 0.2) is 0 Å². The fourth-order valence-corrected chi connectivity index (χ4v) is 1.69. The predicted octanol–water partition coefficient (Wildman–Crippen LogP) is 1.11. The molecular weight excluding hydrogens is 248 g/mol. The maximum absolute atomic E-state index is 11.2. The van der Waals surface area contributed by atoms with Crippen LogP contribution in [0.1, 0.15) is 32.6 Å². The van der Waals surface area contributed by atoms with Gasteiger partial charge in [-0.3, -0.25) is 14.4 Å². The van der Waals surface area contributed by atoms with Crippen molar-refractivity contribution >= 4 is 30.5 Å². The Labute approximate surface area is 104 Å². The zero-order valence-corrected chi connectivity index (χ0v) is 10.3. The molecule has 0 rings (SSSR count). The average molecular weight is 264 g/mol. The number of thiol groups is 1. The molecule has 0 spiro atoms. The molecule has 0 aromatic carbocycles. The first-order valence-electron chi connectivity index (χ1n) is 5.04. The van der Waals surface area contributed by atoms with Crippen molar-refractivity contribution in [3.05, 3.63) is 0 Å². The second-order valence-corrected chi connectivity index (χ2v) is 5.00. The van der Waals surface area contributed by atoms with Crippen LogP contribution in [0, 0.1) is 5.41 Å². The molecule has 0 aliphatic rings. The van der Waals surface area contributed by atoms with E-state index in [0.29, 0.717) is 6.42 Å². The molecule has 7 heteroatoms. The molecule has 98 valence electrons. The molecule has 3 N–H and O–H groups in total. The number of aliphatic carboxylic acids is 3. The summed E-state index contributed by atoms with van der Waals surface area (Å²) in [5, 5.41) is 26.4. The van der Waals surface area contributed by atoms with Crippen LogP contribution in [0.2, 0.25) is 0 Å². The third-order valence-electron chi connectivity index (χ3n) is 2.47. The Kier molecular flexibility index (Phi) is 6.01. The number of hydrogen-bond donors (Lipinski definition) is 4. The van der Waals surface area contributed by atoms with E-state index >= 15 is 0 Å². The van der Waals surface area contributed by atoms with Crippen molar-refractivity contribution in [2.45, 2.75) is 37.9 Å². The molecule has 0 aromatic rings. The predicted molar refractivity (Wildman–Crippen MR) is 62.3 cm³/mol. The molecule has 0 radical (unpaired) electrons. The number of carboxylic acids is 3. The van der Waals surface area contributed by atoms with Crippen LogP contribution in [0.3, 0.4) is 0 Å². The molecule has 0 aliphatic carbocycles. The smallest absolute Gasteiger partial charge is 0.310 e. The Bertz CT molecular complexity index is 296. The molecule has 0 heterocycles. The van der Waals surface area contributed by atoms with Gasteiger partial charge in [-0.05, 0) is 18.1 Å². The molecule has 0 amide bonds. The zero-order chi connectivity index (χ0) is 13.6. The normalized spacial score (nSPS) is 13.1. The van der Waals surface area contributed by atoms with E-state index in [9.17, 15) is 14.4 Å². The van der Waals surface area contributed by atoms with E-state index in [0.717, 1.165) is 0 Å². The summed E-state index contributed by atoms with van der Waals surface area (Å²) < 4.78 is 0. The minimum Gasteiger partial charge on any atom is -0.481 e. The van der Waals surface area contributed by atoms with Crippen molar-refractivity contribution in [3.63, 3.8) is 0 Å². The van der Waals surface area contributed by atoms with E-state index in [2.05, 4.69) is 12.6 Å². The summed E-state index contributed by atoms with van der Waals surface area (Å²) >= 11 is 4.07. The van der Waals surface area contributed by atoms with E-state index in [-0.39, 0.29) is 11.7 Å². The molecule has 1 atom stereocenters. The summed E-state index contributed by atoms with van der Waals surface area (Å²) in [6.45, 7) is 1.73. The molecule has 0 saturated heterocycles. The van der Waals surface area contributed by atoms with Crippen LogP contribution < -0.4 is 0 Å². The maximum atomic E-state index is 11.2. The number of hydrogen-bond acceptors (Lipinski definition) is 4. The average Bonchev–Trinajstić information content (AvgIpc) is 2.11. The van der Waals surface area contributed by atoms with Crippen molar-refractivity contribution < 1.29 is 29.7 Å². The van der Waals surface area contributed by atoms with E-state index < -0.39 is 36.2 Å². The lowest BCUT2D eigenvalue weighted by Crippen LogP contribution is -2.36. The summed E-state index contributed by atoms with van der Waals surface area (Å²) in [5.41, 5.74) is -1.76. The third kappa shape index (κ3) is 5.58. The quantitative estimate of drug-likeness (QED) is 0.488. The first kappa shape index (κ1) is 15.8. The summed E-state index contributed by atoms with van der Waals surface area (Å²) in [6.07, 6.45) is -1.08. The van der Waals surface area contributed by atoms with Crippen LogP contribution in [0.4, 0.5) is 0 Å². The summed E-state index contributed by atoms with van der Waals surface area (Å²) in [5.74, 6) is -4.03. The van der Waals surface area contributed by atoms with Gasteiger partial charge in [-0.25, -0.2) is 0 Å².